The van der Waals surface area contributed by atoms with Crippen LogP contribution in [0.15, 0.2) is 42.7 Å². The van der Waals surface area contributed by atoms with Crippen molar-refractivity contribution in [1.82, 2.24) is 10.3 Å². The van der Waals surface area contributed by atoms with Gasteiger partial charge in [-0.25, -0.2) is 0 Å². The monoisotopic (exact) mass is 352 g/mol. The van der Waals surface area contributed by atoms with Gasteiger partial charge in [0.05, 0.1) is 11.1 Å². The normalized spacial score (nSPS) is 11.0. The third-order valence-electron chi connectivity index (χ3n) is 3.28. The number of pyridine rings is 1. The van der Waals surface area contributed by atoms with E-state index in [0.717, 1.165) is 23.5 Å². The third kappa shape index (κ3) is 5.30. The SMILES string of the molecule is Cc1ccc(COC(=O)CNC(=O)c2cnccc2C(F)(F)F)cc1. The molecule has 0 unspecified atom stereocenters. The van der Waals surface area contributed by atoms with Crippen molar-refractivity contribution in [1.29, 1.82) is 0 Å². The van der Waals surface area contributed by atoms with Crippen molar-refractivity contribution in [2.75, 3.05) is 6.54 Å². The zero-order valence-corrected chi connectivity index (χ0v) is 13.3. The minimum Gasteiger partial charge on any atom is -0.460 e. The van der Waals surface area contributed by atoms with Crippen LogP contribution < -0.4 is 5.32 Å². The maximum Gasteiger partial charge on any atom is 0.417 e. The lowest BCUT2D eigenvalue weighted by Gasteiger charge is -2.12. The molecule has 1 aromatic heterocycles. The van der Waals surface area contributed by atoms with Crippen LogP contribution in [0.3, 0.4) is 0 Å². The fourth-order valence-corrected chi connectivity index (χ4v) is 1.97. The Bertz CT molecular complexity index is 758. The molecular formula is C17H15F3N2O3. The molecule has 0 aliphatic heterocycles. The highest BCUT2D eigenvalue weighted by Crippen LogP contribution is 2.31. The quantitative estimate of drug-likeness (QED) is 0.840. The first-order valence-electron chi connectivity index (χ1n) is 7.28. The molecule has 0 saturated heterocycles. The number of hydrogen-bond donors (Lipinski definition) is 1. The van der Waals surface area contributed by atoms with Gasteiger partial charge in [-0.1, -0.05) is 29.8 Å². The molecule has 0 saturated carbocycles. The van der Waals surface area contributed by atoms with Crippen LogP contribution in [0, 0.1) is 6.92 Å². The minimum atomic E-state index is -4.69. The lowest BCUT2D eigenvalue weighted by atomic mass is 10.1. The van der Waals surface area contributed by atoms with Gasteiger partial charge in [-0.3, -0.25) is 14.6 Å². The molecule has 25 heavy (non-hydrogen) atoms. The molecule has 0 aliphatic rings. The maximum absolute atomic E-state index is 12.8. The van der Waals surface area contributed by atoms with Crippen LogP contribution in [-0.2, 0) is 22.3 Å². The number of carbonyl (C=O) groups excluding carboxylic acids is 2. The van der Waals surface area contributed by atoms with E-state index < -0.39 is 35.7 Å². The smallest absolute Gasteiger partial charge is 0.417 e. The molecule has 2 rings (SSSR count). The van der Waals surface area contributed by atoms with Gasteiger partial charge in [-0.15, -0.1) is 0 Å². The molecule has 0 fully saturated rings. The first-order chi connectivity index (χ1) is 11.8. The van der Waals surface area contributed by atoms with Crippen LogP contribution in [0.2, 0.25) is 0 Å². The van der Waals surface area contributed by atoms with Crippen molar-refractivity contribution in [3.63, 3.8) is 0 Å². The maximum atomic E-state index is 12.8. The third-order valence-corrected chi connectivity index (χ3v) is 3.28. The summed E-state index contributed by atoms with van der Waals surface area (Å²) in [6.07, 6.45) is -2.95. The van der Waals surface area contributed by atoms with Gasteiger partial charge in [0, 0.05) is 12.4 Å². The van der Waals surface area contributed by atoms with E-state index in [1.807, 2.05) is 19.1 Å². The lowest BCUT2D eigenvalue weighted by Crippen LogP contribution is -2.32. The second-order valence-electron chi connectivity index (χ2n) is 5.25. The van der Waals surface area contributed by atoms with Gasteiger partial charge in [-0.05, 0) is 18.6 Å². The fraction of sp³-hybridized carbons (Fsp3) is 0.235. The molecule has 8 heteroatoms. The summed E-state index contributed by atoms with van der Waals surface area (Å²) < 4.78 is 43.5. The highest BCUT2D eigenvalue weighted by molar-refractivity contribution is 5.97. The Morgan fingerprint density at radius 3 is 2.48 bits per heavy atom. The molecule has 0 spiro atoms. The molecule has 0 atom stereocenters. The predicted octanol–water partition coefficient (Wildman–Crippen LogP) is 2.88. The van der Waals surface area contributed by atoms with E-state index in [-0.39, 0.29) is 6.61 Å². The number of alkyl halides is 3. The summed E-state index contributed by atoms with van der Waals surface area (Å²) in [7, 11) is 0. The molecule has 2 aromatic rings. The average Bonchev–Trinajstić information content (AvgIpc) is 2.58. The van der Waals surface area contributed by atoms with Crippen LogP contribution in [0.4, 0.5) is 13.2 Å². The number of halogens is 3. The van der Waals surface area contributed by atoms with Crippen molar-refractivity contribution < 1.29 is 27.5 Å². The number of carbonyl (C=O) groups is 2. The van der Waals surface area contributed by atoms with E-state index in [1.165, 1.54) is 0 Å². The Kier molecular flexibility index (Phi) is 5.74. The van der Waals surface area contributed by atoms with E-state index in [1.54, 1.807) is 12.1 Å². The molecule has 1 amide bonds. The summed E-state index contributed by atoms with van der Waals surface area (Å²) in [5, 5.41) is 2.10. The molecular weight excluding hydrogens is 337 g/mol. The summed E-state index contributed by atoms with van der Waals surface area (Å²) in [6, 6.07) is 7.97. The highest BCUT2D eigenvalue weighted by atomic mass is 19.4. The first kappa shape index (κ1) is 18.4. The van der Waals surface area contributed by atoms with Crippen molar-refractivity contribution in [3.8, 4) is 0 Å². The van der Waals surface area contributed by atoms with Crippen LogP contribution in [0.1, 0.15) is 27.0 Å². The fourth-order valence-electron chi connectivity index (χ4n) is 1.97. The Hall–Kier alpha value is -2.90. The average molecular weight is 352 g/mol. The Morgan fingerprint density at radius 1 is 1.16 bits per heavy atom. The lowest BCUT2D eigenvalue weighted by molar-refractivity contribution is -0.143. The van der Waals surface area contributed by atoms with Gasteiger partial charge in [-0.2, -0.15) is 13.2 Å². The van der Waals surface area contributed by atoms with Gasteiger partial charge in [0.2, 0.25) is 0 Å². The van der Waals surface area contributed by atoms with Crippen LogP contribution >= 0.6 is 0 Å². The molecule has 1 N–H and O–H groups in total. The summed E-state index contributed by atoms with van der Waals surface area (Å²) >= 11 is 0. The number of hydrogen-bond acceptors (Lipinski definition) is 4. The number of nitrogens with zero attached hydrogens (tertiary/aromatic N) is 1. The number of esters is 1. The summed E-state index contributed by atoms with van der Waals surface area (Å²) in [5.74, 6) is -1.81. The van der Waals surface area contributed by atoms with Crippen LogP contribution in [0.5, 0.6) is 0 Å². The van der Waals surface area contributed by atoms with E-state index in [2.05, 4.69) is 10.3 Å². The number of nitrogens with one attached hydrogen (secondary N) is 1. The van der Waals surface area contributed by atoms with E-state index in [0.29, 0.717) is 6.07 Å². The predicted molar refractivity (Wildman–Crippen MR) is 82.5 cm³/mol. The molecule has 0 bridgehead atoms. The van der Waals surface area contributed by atoms with Gasteiger partial charge in [0.25, 0.3) is 5.91 Å². The van der Waals surface area contributed by atoms with Gasteiger partial charge < -0.3 is 10.1 Å². The summed E-state index contributed by atoms with van der Waals surface area (Å²) in [4.78, 5) is 27.0. The summed E-state index contributed by atoms with van der Waals surface area (Å²) in [5.41, 5.74) is 0.0468. The number of ether oxygens (including phenoxy) is 1. The molecule has 5 nitrogen and oxygen atoms in total. The topological polar surface area (TPSA) is 68.3 Å². The molecule has 132 valence electrons. The molecule has 0 aliphatic carbocycles. The number of aryl methyl sites for hydroxylation is 1. The van der Waals surface area contributed by atoms with Gasteiger partial charge in [0.15, 0.2) is 0 Å². The van der Waals surface area contributed by atoms with Crippen molar-refractivity contribution in [2.24, 2.45) is 0 Å². The number of benzene rings is 1. The Labute approximate surface area is 141 Å². The number of amides is 1. The van der Waals surface area contributed by atoms with Crippen molar-refractivity contribution >= 4 is 11.9 Å². The van der Waals surface area contributed by atoms with Crippen LogP contribution in [0.25, 0.3) is 0 Å². The zero-order chi connectivity index (χ0) is 18.4. The number of rotatable bonds is 5. The minimum absolute atomic E-state index is 0.00960. The zero-order valence-electron chi connectivity index (χ0n) is 13.3. The van der Waals surface area contributed by atoms with Crippen molar-refractivity contribution in [3.05, 3.63) is 65.0 Å². The second-order valence-corrected chi connectivity index (χ2v) is 5.25. The Balaban J connectivity index is 1.89. The summed E-state index contributed by atoms with van der Waals surface area (Å²) in [6.45, 7) is 1.38. The van der Waals surface area contributed by atoms with Gasteiger partial charge >= 0.3 is 12.1 Å². The first-order valence-corrected chi connectivity index (χ1v) is 7.28. The van der Waals surface area contributed by atoms with Crippen LogP contribution in [-0.4, -0.2) is 23.4 Å². The highest BCUT2D eigenvalue weighted by Gasteiger charge is 2.35. The molecule has 1 aromatic carbocycles. The molecule has 1 heterocycles. The largest absolute Gasteiger partial charge is 0.460 e. The second kappa shape index (κ2) is 7.78. The van der Waals surface area contributed by atoms with E-state index in [4.69, 9.17) is 4.74 Å². The standard InChI is InChI=1S/C17H15F3N2O3/c1-11-2-4-12(5-3-11)10-25-15(23)9-22-16(24)13-8-21-7-6-14(13)17(18,19)20/h2-8H,9-10H2,1H3,(H,22,24). The number of aromatic nitrogens is 1. The van der Waals surface area contributed by atoms with Gasteiger partial charge in [0.1, 0.15) is 13.2 Å². The molecule has 0 radical (unpaired) electrons. The Morgan fingerprint density at radius 2 is 1.84 bits per heavy atom. The van der Waals surface area contributed by atoms with E-state index >= 15 is 0 Å². The van der Waals surface area contributed by atoms with E-state index in [9.17, 15) is 22.8 Å². The van der Waals surface area contributed by atoms with Crippen molar-refractivity contribution in [2.45, 2.75) is 19.7 Å².